The Morgan fingerprint density at radius 2 is 2.05 bits per heavy atom. The largest absolute Gasteiger partial charge is 0.493 e. The van der Waals surface area contributed by atoms with Crippen molar-refractivity contribution in [2.75, 3.05) is 26.2 Å². The molecule has 1 aromatic carbocycles. The molecule has 2 atom stereocenters. The van der Waals surface area contributed by atoms with E-state index in [4.69, 9.17) is 4.74 Å². The molecule has 108 valence electrons. The van der Waals surface area contributed by atoms with Crippen LogP contribution in [0.15, 0.2) is 24.3 Å². The molecule has 1 saturated heterocycles. The van der Waals surface area contributed by atoms with Crippen LogP contribution in [0.4, 0.5) is 0 Å². The van der Waals surface area contributed by atoms with Gasteiger partial charge in [-0.3, -0.25) is 4.90 Å². The van der Waals surface area contributed by atoms with Crippen LogP contribution in [-0.4, -0.2) is 43.2 Å². The topological polar surface area (TPSA) is 24.5 Å². The number of nitrogens with one attached hydrogen (secondary N) is 1. The molecule has 3 heteroatoms. The van der Waals surface area contributed by atoms with Crippen molar-refractivity contribution in [2.24, 2.45) is 0 Å². The van der Waals surface area contributed by atoms with E-state index in [9.17, 15) is 0 Å². The van der Waals surface area contributed by atoms with Gasteiger partial charge in [0.05, 0.1) is 6.61 Å². The third-order valence-corrected chi connectivity index (χ3v) is 4.93. The second-order valence-corrected chi connectivity index (χ2v) is 6.52. The highest BCUT2D eigenvalue weighted by Gasteiger charge is 2.34. The Kier molecular flexibility index (Phi) is 3.41. The second kappa shape index (κ2) is 5.38. The molecule has 1 N–H and O–H groups in total. The van der Waals surface area contributed by atoms with E-state index in [-0.39, 0.29) is 0 Å². The average Bonchev–Trinajstić information content (AvgIpc) is 3.05. The van der Waals surface area contributed by atoms with Gasteiger partial charge in [0.15, 0.2) is 0 Å². The Morgan fingerprint density at radius 1 is 1.15 bits per heavy atom. The SMILES string of the molecule is c1ccc2c(c1)OCC2CN(CC1CCCN1)C1CC1. The van der Waals surface area contributed by atoms with Crippen LogP contribution in [0.25, 0.3) is 0 Å². The zero-order valence-corrected chi connectivity index (χ0v) is 12.1. The first-order chi connectivity index (χ1) is 9.90. The van der Waals surface area contributed by atoms with E-state index in [2.05, 4.69) is 34.5 Å². The molecule has 0 radical (unpaired) electrons. The maximum atomic E-state index is 5.84. The molecule has 2 heterocycles. The lowest BCUT2D eigenvalue weighted by Gasteiger charge is -2.27. The van der Waals surface area contributed by atoms with Gasteiger partial charge in [-0.05, 0) is 38.3 Å². The minimum Gasteiger partial charge on any atom is -0.493 e. The Hall–Kier alpha value is -1.06. The van der Waals surface area contributed by atoms with Crippen molar-refractivity contribution in [3.8, 4) is 5.75 Å². The van der Waals surface area contributed by atoms with Gasteiger partial charge >= 0.3 is 0 Å². The lowest BCUT2D eigenvalue weighted by atomic mass is 10.0. The quantitative estimate of drug-likeness (QED) is 0.890. The van der Waals surface area contributed by atoms with Crippen molar-refractivity contribution >= 4 is 0 Å². The fourth-order valence-electron chi connectivity index (χ4n) is 3.67. The third kappa shape index (κ3) is 2.57. The van der Waals surface area contributed by atoms with Gasteiger partial charge in [0.25, 0.3) is 0 Å². The molecule has 2 aliphatic heterocycles. The molecule has 4 rings (SSSR count). The van der Waals surface area contributed by atoms with Crippen LogP contribution in [0.2, 0.25) is 0 Å². The number of ether oxygens (including phenoxy) is 1. The van der Waals surface area contributed by atoms with Crippen LogP contribution in [0.5, 0.6) is 5.75 Å². The van der Waals surface area contributed by atoms with Gasteiger partial charge in [-0.1, -0.05) is 18.2 Å². The number of para-hydroxylation sites is 1. The second-order valence-electron chi connectivity index (χ2n) is 6.52. The van der Waals surface area contributed by atoms with Gasteiger partial charge in [-0.2, -0.15) is 0 Å². The van der Waals surface area contributed by atoms with Crippen LogP contribution < -0.4 is 10.1 Å². The average molecular weight is 272 g/mol. The van der Waals surface area contributed by atoms with E-state index >= 15 is 0 Å². The number of hydrogen-bond donors (Lipinski definition) is 1. The van der Waals surface area contributed by atoms with E-state index < -0.39 is 0 Å². The molecule has 0 aromatic heterocycles. The Balaban J connectivity index is 1.43. The summed E-state index contributed by atoms with van der Waals surface area (Å²) in [6, 6.07) is 10.1. The molecular weight excluding hydrogens is 248 g/mol. The summed E-state index contributed by atoms with van der Waals surface area (Å²) in [5.41, 5.74) is 1.41. The van der Waals surface area contributed by atoms with Crippen molar-refractivity contribution in [1.82, 2.24) is 10.2 Å². The van der Waals surface area contributed by atoms with Crippen LogP contribution >= 0.6 is 0 Å². The van der Waals surface area contributed by atoms with Gasteiger partial charge < -0.3 is 10.1 Å². The van der Waals surface area contributed by atoms with E-state index in [1.54, 1.807) is 0 Å². The predicted molar refractivity (Wildman–Crippen MR) is 80.3 cm³/mol. The van der Waals surface area contributed by atoms with E-state index in [1.807, 2.05) is 0 Å². The highest BCUT2D eigenvalue weighted by Crippen LogP contribution is 2.36. The molecule has 1 aliphatic carbocycles. The molecule has 3 aliphatic rings. The Labute approximate surface area is 121 Å². The van der Waals surface area contributed by atoms with Gasteiger partial charge in [0.1, 0.15) is 5.75 Å². The summed E-state index contributed by atoms with van der Waals surface area (Å²) in [5, 5.41) is 3.64. The van der Waals surface area contributed by atoms with Crippen molar-refractivity contribution in [3.05, 3.63) is 29.8 Å². The van der Waals surface area contributed by atoms with Crippen molar-refractivity contribution in [3.63, 3.8) is 0 Å². The number of benzene rings is 1. The van der Waals surface area contributed by atoms with Crippen LogP contribution in [0.1, 0.15) is 37.2 Å². The smallest absolute Gasteiger partial charge is 0.122 e. The highest BCUT2D eigenvalue weighted by atomic mass is 16.5. The summed E-state index contributed by atoms with van der Waals surface area (Å²) in [4.78, 5) is 2.72. The van der Waals surface area contributed by atoms with E-state index in [0.29, 0.717) is 12.0 Å². The molecular formula is C17H24N2O. The molecule has 20 heavy (non-hydrogen) atoms. The maximum Gasteiger partial charge on any atom is 0.122 e. The van der Waals surface area contributed by atoms with Crippen LogP contribution in [0.3, 0.4) is 0 Å². The molecule has 2 fully saturated rings. The summed E-state index contributed by atoms with van der Waals surface area (Å²) >= 11 is 0. The number of rotatable bonds is 5. The fraction of sp³-hybridized carbons (Fsp3) is 0.647. The van der Waals surface area contributed by atoms with Gasteiger partial charge in [0.2, 0.25) is 0 Å². The molecule has 1 aromatic rings. The molecule has 0 spiro atoms. The van der Waals surface area contributed by atoms with E-state index in [1.165, 1.54) is 50.9 Å². The summed E-state index contributed by atoms with van der Waals surface area (Å²) in [5.74, 6) is 1.67. The van der Waals surface area contributed by atoms with Crippen LogP contribution in [0, 0.1) is 0 Å². The molecule has 2 unspecified atom stereocenters. The summed E-state index contributed by atoms with van der Waals surface area (Å²) in [6.45, 7) is 4.46. The van der Waals surface area contributed by atoms with Gasteiger partial charge in [0, 0.05) is 36.7 Å². The highest BCUT2D eigenvalue weighted by molar-refractivity contribution is 5.39. The zero-order chi connectivity index (χ0) is 13.4. The standard InChI is InChI=1S/C17H24N2O/c1-2-6-17-16(5-1)13(12-20-17)10-19(15-7-8-15)11-14-4-3-9-18-14/h1-2,5-6,13-15,18H,3-4,7-12H2. The van der Waals surface area contributed by atoms with Gasteiger partial charge in [-0.25, -0.2) is 0 Å². The summed E-state index contributed by atoms with van der Waals surface area (Å²) < 4.78 is 5.84. The number of nitrogens with zero attached hydrogens (tertiary/aromatic N) is 1. The molecule has 1 saturated carbocycles. The molecule has 0 bridgehead atoms. The molecule has 3 nitrogen and oxygen atoms in total. The third-order valence-electron chi connectivity index (χ3n) is 4.93. The minimum absolute atomic E-state index is 0.563. The van der Waals surface area contributed by atoms with Gasteiger partial charge in [-0.15, -0.1) is 0 Å². The maximum absolute atomic E-state index is 5.84. The number of fused-ring (bicyclic) bond motifs is 1. The lowest BCUT2D eigenvalue weighted by Crippen LogP contribution is -2.41. The fourth-order valence-corrected chi connectivity index (χ4v) is 3.67. The Morgan fingerprint density at radius 3 is 2.85 bits per heavy atom. The summed E-state index contributed by atoms with van der Waals surface area (Å²) in [7, 11) is 0. The first-order valence-electron chi connectivity index (χ1n) is 8.09. The minimum atomic E-state index is 0.563. The summed E-state index contributed by atoms with van der Waals surface area (Å²) in [6.07, 6.45) is 5.48. The van der Waals surface area contributed by atoms with Crippen molar-refractivity contribution < 1.29 is 4.74 Å². The number of hydrogen-bond acceptors (Lipinski definition) is 3. The first kappa shape index (κ1) is 12.7. The Bertz CT molecular complexity index is 466. The van der Waals surface area contributed by atoms with E-state index in [0.717, 1.165) is 18.4 Å². The predicted octanol–water partition coefficient (Wildman–Crippen LogP) is 2.38. The normalized spacial score (nSPS) is 28.6. The van der Waals surface area contributed by atoms with Crippen molar-refractivity contribution in [1.29, 1.82) is 0 Å². The first-order valence-corrected chi connectivity index (χ1v) is 8.09. The lowest BCUT2D eigenvalue weighted by molar-refractivity contribution is 0.209. The molecule has 0 amide bonds. The monoisotopic (exact) mass is 272 g/mol. The zero-order valence-electron chi connectivity index (χ0n) is 12.1. The van der Waals surface area contributed by atoms with Crippen molar-refractivity contribution in [2.45, 2.75) is 43.7 Å². The van der Waals surface area contributed by atoms with Crippen LogP contribution in [-0.2, 0) is 0 Å².